The van der Waals surface area contributed by atoms with Gasteiger partial charge in [0.15, 0.2) is 0 Å². The Morgan fingerprint density at radius 1 is 1.43 bits per heavy atom. The van der Waals surface area contributed by atoms with E-state index in [-0.39, 0.29) is 12.1 Å². The number of nitrogens with one attached hydrogen (secondary N) is 1. The summed E-state index contributed by atoms with van der Waals surface area (Å²) < 4.78 is 11.1. The lowest BCUT2D eigenvalue weighted by molar-refractivity contribution is -0.0356. The fourth-order valence-corrected chi connectivity index (χ4v) is 3.39. The van der Waals surface area contributed by atoms with Crippen LogP contribution in [-0.2, 0) is 9.47 Å². The van der Waals surface area contributed by atoms with Gasteiger partial charge in [0.25, 0.3) is 0 Å². The minimum atomic E-state index is -0.453. The molecule has 1 saturated carbocycles. The van der Waals surface area contributed by atoms with Crippen molar-refractivity contribution in [2.24, 2.45) is 5.92 Å². The summed E-state index contributed by atoms with van der Waals surface area (Å²) in [5, 5.41) is 3.71. The van der Waals surface area contributed by atoms with Crippen LogP contribution < -0.4 is 5.32 Å². The second kappa shape index (κ2) is 7.84. The zero-order valence-electron chi connectivity index (χ0n) is 15.4. The van der Waals surface area contributed by atoms with E-state index in [0.29, 0.717) is 31.8 Å². The van der Waals surface area contributed by atoms with Crippen LogP contribution in [0.15, 0.2) is 0 Å². The van der Waals surface area contributed by atoms with E-state index in [2.05, 4.69) is 19.2 Å². The van der Waals surface area contributed by atoms with Crippen molar-refractivity contribution in [1.82, 2.24) is 10.2 Å². The first-order valence-corrected chi connectivity index (χ1v) is 9.13. The highest BCUT2D eigenvalue weighted by Gasteiger charge is 2.38. The van der Waals surface area contributed by atoms with Gasteiger partial charge in [-0.1, -0.05) is 13.3 Å². The van der Waals surface area contributed by atoms with Gasteiger partial charge in [-0.05, 0) is 52.9 Å². The summed E-state index contributed by atoms with van der Waals surface area (Å²) in [7, 11) is 0. The number of hydrogen-bond acceptors (Lipinski definition) is 4. The average molecular weight is 326 g/mol. The third-order valence-electron chi connectivity index (χ3n) is 4.56. The number of carbonyl (C=O) groups excluding carboxylic acids is 1. The van der Waals surface area contributed by atoms with E-state index in [9.17, 15) is 4.79 Å². The van der Waals surface area contributed by atoms with Gasteiger partial charge in [0, 0.05) is 18.6 Å². The molecule has 0 aromatic carbocycles. The lowest BCUT2D eigenvalue weighted by Gasteiger charge is -2.37. The Morgan fingerprint density at radius 2 is 2.17 bits per heavy atom. The molecule has 2 rings (SSSR count). The van der Waals surface area contributed by atoms with Crippen molar-refractivity contribution in [1.29, 1.82) is 0 Å². The maximum absolute atomic E-state index is 12.4. The molecule has 0 radical (unpaired) electrons. The first kappa shape index (κ1) is 18.5. The van der Waals surface area contributed by atoms with E-state index < -0.39 is 5.60 Å². The summed E-state index contributed by atoms with van der Waals surface area (Å²) in [6, 6.07) is 1.16. The predicted molar refractivity (Wildman–Crippen MR) is 91.6 cm³/mol. The van der Waals surface area contributed by atoms with Gasteiger partial charge in [0.2, 0.25) is 0 Å². The Labute approximate surface area is 141 Å². The van der Waals surface area contributed by atoms with Crippen LogP contribution in [0.5, 0.6) is 0 Å². The second-order valence-electron chi connectivity index (χ2n) is 8.10. The molecule has 0 spiro atoms. The predicted octanol–water partition coefficient (Wildman–Crippen LogP) is 3.18. The molecule has 4 atom stereocenters. The standard InChI is InChI=1S/C18H34N2O3/c1-6-7-14-11-16(14)19-13(2)10-15-12-22-9-8-20(15)17(21)23-18(3,4)5/h13-16,19H,6-12H2,1-5H3. The van der Waals surface area contributed by atoms with E-state index in [1.807, 2.05) is 25.7 Å². The molecule has 1 amide bonds. The largest absolute Gasteiger partial charge is 0.444 e. The Morgan fingerprint density at radius 3 is 2.83 bits per heavy atom. The molecule has 0 aromatic heterocycles. The molecule has 2 fully saturated rings. The number of amides is 1. The molecule has 0 bridgehead atoms. The van der Waals surface area contributed by atoms with Crippen LogP contribution in [0, 0.1) is 5.92 Å². The van der Waals surface area contributed by atoms with Crippen LogP contribution in [0.2, 0.25) is 0 Å². The molecule has 23 heavy (non-hydrogen) atoms. The summed E-state index contributed by atoms with van der Waals surface area (Å²) in [6.45, 7) is 12.0. The SMILES string of the molecule is CCCC1CC1NC(C)CC1COCCN1C(=O)OC(C)(C)C. The highest BCUT2D eigenvalue weighted by atomic mass is 16.6. The van der Waals surface area contributed by atoms with Crippen molar-refractivity contribution in [3.05, 3.63) is 0 Å². The number of carbonyl (C=O) groups is 1. The molecular formula is C18H34N2O3. The average Bonchev–Trinajstić information content (AvgIpc) is 3.15. The van der Waals surface area contributed by atoms with Gasteiger partial charge in [-0.25, -0.2) is 4.79 Å². The molecule has 1 aliphatic carbocycles. The van der Waals surface area contributed by atoms with Gasteiger partial charge >= 0.3 is 6.09 Å². The third-order valence-corrected chi connectivity index (χ3v) is 4.56. The molecule has 5 heteroatoms. The monoisotopic (exact) mass is 326 g/mol. The quantitative estimate of drug-likeness (QED) is 0.814. The van der Waals surface area contributed by atoms with Crippen LogP contribution in [0.4, 0.5) is 4.79 Å². The highest BCUT2D eigenvalue weighted by Crippen LogP contribution is 2.35. The van der Waals surface area contributed by atoms with Crippen molar-refractivity contribution in [3.8, 4) is 0 Å². The van der Waals surface area contributed by atoms with E-state index in [1.165, 1.54) is 19.3 Å². The van der Waals surface area contributed by atoms with Crippen molar-refractivity contribution in [3.63, 3.8) is 0 Å². The number of nitrogens with zero attached hydrogens (tertiary/aromatic N) is 1. The second-order valence-corrected chi connectivity index (χ2v) is 8.10. The number of rotatable bonds is 6. The third kappa shape index (κ3) is 5.96. The first-order chi connectivity index (χ1) is 10.8. The van der Waals surface area contributed by atoms with Gasteiger partial charge in [-0.3, -0.25) is 0 Å². The van der Waals surface area contributed by atoms with E-state index in [1.54, 1.807) is 0 Å². The summed E-state index contributed by atoms with van der Waals surface area (Å²) in [5.74, 6) is 0.854. The van der Waals surface area contributed by atoms with Crippen LogP contribution in [0.25, 0.3) is 0 Å². The maximum Gasteiger partial charge on any atom is 0.410 e. The van der Waals surface area contributed by atoms with E-state index >= 15 is 0 Å². The Bertz CT molecular complexity index is 394. The van der Waals surface area contributed by atoms with Gasteiger partial charge in [-0.15, -0.1) is 0 Å². The van der Waals surface area contributed by atoms with Crippen LogP contribution >= 0.6 is 0 Å². The lowest BCUT2D eigenvalue weighted by Crippen LogP contribution is -2.52. The molecule has 0 aromatic rings. The van der Waals surface area contributed by atoms with Gasteiger partial charge in [-0.2, -0.15) is 0 Å². The van der Waals surface area contributed by atoms with Crippen LogP contribution in [0.3, 0.4) is 0 Å². The summed E-state index contributed by atoms with van der Waals surface area (Å²) in [5.41, 5.74) is -0.453. The highest BCUT2D eigenvalue weighted by molar-refractivity contribution is 5.68. The van der Waals surface area contributed by atoms with Crippen LogP contribution in [0.1, 0.15) is 60.3 Å². The van der Waals surface area contributed by atoms with Crippen molar-refractivity contribution < 1.29 is 14.3 Å². The molecule has 2 aliphatic rings. The van der Waals surface area contributed by atoms with Crippen LogP contribution in [-0.4, -0.2) is 54.5 Å². The zero-order valence-corrected chi connectivity index (χ0v) is 15.4. The molecule has 1 heterocycles. The zero-order chi connectivity index (χ0) is 17.0. The number of ether oxygens (including phenoxy) is 2. The van der Waals surface area contributed by atoms with E-state index in [0.717, 1.165) is 12.3 Å². The van der Waals surface area contributed by atoms with Gasteiger partial charge in [0.1, 0.15) is 5.60 Å². The first-order valence-electron chi connectivity index (χ1n) is 9.13. The normalized spacial score (nSPS) is 29.3. The van der Waals surface area contributed by atoms with E-state index in [4.69, 9.17) is 9.47 Å². The summed E-state index contributed by atoms with van der Waals surface area (Å²) >= 11 is 0. The topological polar surface area (TPSA) is 50.8 Å². The Balaban J connectivity index is 1.82. The fourth-order valence-electron chi connectivity index (χ4n) is 3.39. The molecule has 4 unspecified atom stereocenters. The molecular weight excluding hydrogens is 292 g/mol. The van der Waals surface area contributed by atoms with Gasteiger partial charge < -0.3 is 19.7 Å². The summed E-state index contributed by atoms with van der Waals surface area (Å²) in [4.78, 5) is 14.3. The van der Waals surface area contributed by atoms with Crippen molar-refractivity contribution in [2.45, 2.75) is 84.0 Å². The minimum Gasteiger partial charge on any atom is -0.444 e. The molecule has 1 N–H and O–H groups in total. The maximum atomic E-state index is 12.4. The molecule has 5 nitrogen and oxygen atoms in total. The molecule has 1 saturated heterocycles. The lowest BCUT2D eigenvalue weighted by atomic mass is 10.1. The summed E-state index contributed by atoms with van der Waals surface area (Å²) in [6.07, 6.45) is 4.58. The van der Waals surface area contributed by atoms with Crippen molar-refractivity contribution >= 4 is 6.09 Å². The molecule has 1 aliphatic heterocycles. The molecule has 134 valence electrons. The van der Waals surface area contributed by atoms with Gasteiger partial charge in [0.05, 0.1) is 19.3 Å². The fraction of sp³-hybridized carbons (Fsp3) is 0.944. The Kier molecular flexibility index (Phi) is 6.32. The number of morpholine rings is 1. The minimum absolute atomic E-state index is 0.101. The smallest absolute Gasteiger partial charge is 0.410 e. The Hall–Kier alpha value is -0.810. The van der Waals surface area contributed by atoms with Crippen molar-refractivity contribution in [2.75, 3.05) is 19.8 Å². The number of hydrogen-bond donors (Lipinski definition) is 1.